The van der Waals surface area contributed by atoms with E-state index in [2.05, 4.69) is 0 Å². The van der Waals surface area contributed by atoms with Gasteiger partial charge in [-0.15, -0.1) is 0 Å². The molecule has 0 bridgehead atoms. The van der Waals surface area contributed by atoms with Crippen LogP contribution in [0, 0.1) is 17.0 Å². The normalized spacial score (nSPS) is 14.8. The predicted octanol–water partition coefficient (Wildman–Crippen LogP) is 6.94. The molecule has 0 aromatic heterocycles. The molecule has 2 amide bonds. The topological polar surface area (TPSA) is 80.5 Å². The first-order valence-electron chi connectivity index (χ1n) is 9.83. The Labute approximate surface area is 203 Å². The summed E-state index contributed by atoms with van der Waals surface area (Å²) in [5.74, 6) is -0.409. The highest BCUT2D eigenvalue weighted by Gasteiger charge is 2.35. The van der Waals surface area contributed by atoms with Crippen LogP contribution < -0.4 is 0 Å². The first-order valence-corrected chi connectivity index (χ1v) is 11.8. The number of amides is 2. The van der Waals surface area contributed by atoms with Gasteiger partial charge in [-0.25, -0.2) is 0 Å². The van der Waals surface area contributed by atoms with Crippen LogP contribution in [0.2, 0.25) is 5.02 Å². The van der Waals surface area contributed by atoms with E-state index in [1.54, 1.807) is 36.4 Å². The van der Waals surface area contributed by atoms with Crippen LogP contribution in [0.15, 0.2) is 81.4 Å². The van der Waals surface area contributed by atoms with Crippen molar-refractivity contribution in [3.63, 3.8) is 0 Å². The van der Waals surface area contributed by atoms with Crippen LogP contribution in [0.3, 0.4) is 0 Å². The Hall–Kier alpha value is -3.07. The van der Waals surface area contributed by atoms with Gasteiger partial charge in [-0.3, -0.25) is 24.6 Å². The molecule has 0 N–H and O–H groups in total. The van der Waals surface area contributed by atoms with Gasteiger partial charge in [-0.05, 0) is 66.2 Å². The third kappa shape index (κ3) is 5.47. The monoisotopic (exact) mass is 496 g/mol. The molecular formula is C24H17ClN2O4S2. The van der Waals surface area contributed by atoms with E-state index in [0.29, 0.717) is 15.5 Å². The molecular weight excluding hydrogens is 480 g/mol. The standard InChI is InChI=1S/C24H17ClN2O4S2/c1-15-3-2-4-17(11-15)14-26-23(28)22(33-24(26)29)13-16-5-10-21(20(12-16)27(30)31)32-19-8-6-18(25)7-9-19/h2-13H,14H2,1H3/b22-13-. The maximum atomic E-state index is 12.8. The van der Waals surface area contributed by atoms with Crippen molar-refractivity contribution in [3.05, 3.63) is 103 Å². The number of carbonyl (C=O) groups excluding carboxylic acids is 2. The zero-order valence-corrected chi connectivity index (χ0v) is 19.7. The van der Waals surface area contributed by atoms with Crippen LogP contribution in [-0.4, -0.2) is 21.0 Å². The van der Waals surface area contributed by atoms with Crippen molar-refractivity contribution in [3.8, 4) is 0 Å². The molecule has 0 unspecified atom stereocenters. The lowest BCUT2D eigenvalue weighted by Crippen LogP contribution is -2.27. The third-order valence-electron chi connectivity index (χ3n) is 4.82. The van der Waals surface area contributed by atoms with Gasteiger partial charge in [-0.2, -0.15) is 0 Å². The van der Waals surface area contributed by atoms with Crippen molar-refractivity contribution in [2.24, 2.45) is 0 Å². The Bertz CT molecular complexity index is 1290. The van der Waals surface area contributed by atoms with Crippen LogP contribution >= 0.6 is 35.1 Å². The second kappa shape index (κ2) is 9.82. The van der Waals surface area contributed by atoms with Crippen LogP contribution in [0.4, 0.5) is 10.5 Å². The molecule has 1 saturated heterocycles. The van der Waals surface area contributed by atoms with Crippen molar-refractivity contribution in [1.82, 2.24) is 4.90 Å². The van der Waals surface area contributed by atoms with E-state index in [9.17, 15) is 19.7 Å². The van der Waals surface area contributed by atoms with Crippen LogP contribution in [-0.2, 0) is 11.3 Å². The lowest BCUT2D eigenvalue weighted by atomic mass is 10.1. The van der Waals surface area contributed by atoms with Crippen molar-refractivity contribution in [2.75, 3.05) is 0 Å². The molecule has 0 atom stereocenters. The average molecular weight is 497 g/mol. The minimum atomic E-state index is -0.459. The molecule has 0 spiro atoms. The maximum Gasteiger partial charge on any atom is 0.293 e. The summed E-state index contributed by atoms with van der Waals surface area (Å²) in [6.45, 7) is 2.12. The number of imide groups is 1. The fourth-order valence-electron chi connectivity index (χ4n) is 3.26. The number of carbonyl (C=O) groups is 2. The van der Waals surface area contributed by atoms with Crippen molar-refractivity contribution < 1.29 is 14.5 Å². The molecule has 33 heavy (non-hydrogen) atoms. The summed E-state index contributed by atoms with van der Waals surface area (Å²) in [6.07, 6.45) is 1.52. The van der Waals surface area contributed by atoms with E-state index >= 15 is 0 Å². The van der Waals surface area contributed by atoms with E-state index in [-0.39, 0.29) is 22.4 Å². The number of thioether (sulfide) groups is 1. The second-order valence-electron chi connectivity index (χ2n) is 7.30. The fourth-order valence-corrected chi connectivity index (χ4v) is 5.13. The highest BCUT2D eigenvalue weighted by Crippen LogP contribution is 2.38. The number of nitrogens with zero attached hydrogens (tertiary/aromatic N) is 2. The van der Waals surface area contributed by atoms with E-state index in [1.807, 2.05) is 31.2 Å². The number of hydrogen-bond donors (Lipinski definition) is 0. The Morgan fingerprint density at radius 2 is 1.85 bits per heavy atom. The van der Waals surface area contributed by atoms with Gasteiger partial charge in [0.1, 0.15) is 0 Å². The summed E-state index contributed by atoms with van der Waals surface area (Å²) in [7, 11) is 0. The second-order valence-corrected chi connectivity index (χ2v) is 9.84. The molecule has 6 nitrogen and oxygen atoms in total. The summed E-state index contributed by atoms with van der Waals surface area (Å²) < 4.78 is 0. The molecule has 9 heteroatoms. The molecule has 166 valence electrons. The molecule has 0 saturated carbocycles. The smallest absolute Gasteiger partial charge is 0.268 e. The minimum absolute atomic E-state index is 0.0808. The van der Waals surface area contributed by atoms with Gasteiger partial charge in [0, 0.05) is 16.0 Å². The Morgan fingerprint density at radius 1 is 1.09 bits per heavy atom. The lowest BCUT2D eigenvalue weighted by Gasteiger charge is -2.12. The van der Waals surface area contributed by atoms with E-state index in [0.717, 1.165) is 27.8 Å². The largest absolute Gasteiger partial charge is 0.293 e. The Morgan fingerprint density at radius 3 is 2.55 bits per heavy atom. The van der Waals surface area contributed by atoms with Gasteiger partial charge < -0.3 is 0 Å². The van der Waals surface area contributed by atoms with Crippen LogP contribution in [0.1, 0.15) is 16.7 Å². The molecule has 3 aromatic carbocycles. The number of benzene rings is 3. The summed E-state index contributed by atoms with van der Waals surface area (Å²) >= 11 is 7.99. The van der Waals surface area contributed by atoms with Crippen molar-refractivity contribution >= 4 is 58.0 Å². The van der Waals surface area contributed by atoms with Gasteiger partial charge in [0.2, 0.25) is 0 Å². The first kappa shape index (κ1) is 23.1. The fraction of sp³-hybridized carbons (Fsp3) is 0.0833. The number of hydrogen-bond acceptors (Lipinski definition) is 6. The number of halogens is 1. The Balaban J connectivity index is 1.57. The van der Waals surface area contributed by atoms with Crippen molar-refractivity contribution in [2.45, 2.75) is 23.3 Å². The molecule has 1 fully saturated rings. The van der Waals surface area contributed by atoms with Gasteiger partial charge >= 0.3 is 0 Å². The predicted molar refractivity (Wildman–Crippen MR) is 131 cm³/mol. The molecule has 1 heterocycles. The molecule has 1 aliphatic rings. The van der Waals surface area contributed by atoms with Crippen molar-refractivity contribution in [1.29, 1.82) is 0 Å². The highest BCUT2D eigenvalue weighted by molar-refractivity contribution is 8.18. The highest BCUT2D eigenvalue weighted by atomic mass is 35.5. The van der Waals surface area contributed by atoms with Crippen LogP contribution in [0.25, 0.3) is 6.08 Å². The molecule has 4 rings (SSSR count). The summed E-state index contributed by atoms with van der Waals surface area (Å²) in [5, 5.41) is 11.9. The quantitative estimate of drug-likeness (QED) is 0.209. The van der Waals surface area contributed by atoms with Gasteiger partial charge in [0.05, 0.1) is 21.3 Å². The van der Waals surface area contributed by atoms with Gasteiger partial charge in [0.15, 0.2) is 0 Å². The van der Waals surface area contributed by atoms with Gasteiger partial charge in [0.25, 0.3) is 16.8 Å². The third-order valence-corrected chi connectivity index (χ3v) is 7.05. The average Bonchev–Trinajstić information content (AvgIpc) is 3.03. The van der Waals surface area contributed by atoms with E-state index in [4.69, 9.17) is 11.6 Å². The molecule has 0 aliphatic carbocycles. The number of nitro groups is 1. The zero-order valence-electron chi connectivity index (χ0n) is 17.4. The minimum Gasteiger partial charge on any atom is -0.268 e. The van der Waals surface area contributed by atoms with E-state index < -0.39 is 10.8 Å². The SMILES string of the molecule is Cc1cccc(CN2C(=O)S/C(=C\c3ccc(Sc4ccc(Cl)cc4)c([N+](=O)[O-])c3)C2=O)c1. The number of rotatable bonds is 6. The molecule has 0 radical (unpaired) electrons. The lowest BCUT2D eigenvalue weighted by molar-refractivity contribution is -0.387. The molecule has 3 aromatic rings. The maximum absolute atomic E-state index is 12.8. The van der Waals surface area contributed by atoms with Gasteiger partial charge in [-0.1, -0.05) is 59.3 Å². The van der Waals surface area contributed by atoms with E-state index in [1.165, 1.54) is 28.8 Å². The molecule has 1 aliphatic heterocycles. The summed E-state index contributed by atoms with van der Waals surface area (Å²) in [4.78, 5) is 39.2. The Kier molecular flexibility index (Phi) is 6.88. The summed E-state index contributed by atoms with van der Waals surface area (Å²) in [6, 6.07) is 19.4. The zero-order chi connectivity index (χ0) is 23.5. The summed E-state index contributed by atoms with van der Waals surface area (Å²) in [5.41, 5.74) is 2.29. The number of aryl methyl sites for hydroxylation is 1. The number of nitro benzene ring substituents is 1. The van der Waals surface area contributed by atoms with Crippen LogP contribution in [0.5, 0.6) is 0 Å². The first-order chi connectivity index (χ1) is 15.8.